The number of carbonyl (C=O) groups excluding carboxylic acids is 1. The average Bonchev–Trinajstić information content (AvgIpc) is 2.85. The SMILES string of the molecule is CC1CC(Nc2cccc(Br)c2)(C(N)=O)CN1Cc1ccccc1. The van der Waals surface area contributed by atoms with Gasteiger partial charge in [0, 0.05) is 29.3 Å². The number of primary amides is 1. The molecular formula is C19H22BrN3O. The molecule has 1 aliphatic heterocycles. The van der Waals surface area contributed by atoms with E-state index in [1.807, 2.05) is 42.5 Å². The van der Waals surface area contributed by atoms with E-state index in [1.165, 1.54) is 5.56 Å². The van der Waals surface area contributed by atoms with Crippen LogP contribution in [0.15, 0.2) is 59.1 Å². The third-order valence-corrected chi connectivity index (χ3v) is 5.14. The van der Waals surface area contributed by atoms with Gasteiger partial charge in [0.1, 0.15) is 5.54 Å². The molecule has 0 bridgehead atoms. The highest BCUT2D eigenvalue weighted by molar-refractivity contribution is 9.10. The molecule has 0 spiro atoms. The van der Waals surface area contributed by atoms with Crippen LogP contribution in [0.3, 0.4) is 0 Å². The average molecular weight is 388 g/mol. The molecule has 1 amide bonds. The Kier molecular flexibility index (Phi) is 4.92. The Hall–Kier alpha value is -1.85. The molecule has 4 nitrogen and oxygen atoms in total. The van der Waals surface area contributed by atoms with Crippen LogP contribution < -0.4 is 11.1 Å². The minimum atomic E-state index is -0.741. The van der Waals surface area contributed by atoms with Crippen LogP contribution in [0.4, 0.5) is 5.69 Å². The van der Waals surface area contributed by atoms with Gasteiger partial charge in [0.05, 0.1) is 0 Å². The monoisotopic (exact) mass is 387 g/mol. The first-order chi connectivity index (χ1) is 11.5. The predicted molar refractivity (Wildman–Crippen MR) is 101 cm³/mol. The lowest BCUT2D eigenvalue weighted by Crippen LogP contribution is -2.52. The van der Waals surface area contributed by atoms with E-state index in [1.54, 1.807) is 0 Å². The number of benzene rings is 2. The van der Waals surface area contributed by atoms with Crippen LogP contribution >= 0.6 is 15.9 Å². The zero-order valence-corrected chi connectivity index (χ0v) is 15.3. The molecule has 5 heteroatoms. The van der Waals surface area contributed by atoms with Gasteiger partial charge in [-0.2, -0.15) is 0 Å². The molecule has 1 saturated heterocycles. The molecule has 2 unspecified atom stereocenters. The summed E-state index contributed by atoms with van der Waals surface area (Å²) in [5.74, 6) is -0.301. The lowest BCUT2D eigenvalue weighted by molar-refractivity contribution is -0.122. The Morgan fingerprint density at radius 1 is 1.29 bits per heavy atom. The standard InChI is InChI=1S/C19H22BrN3O/c1-14-11-19(18(21)24,22-17-9-5-8-16(20)10-17)13-23(14)12-15-6-3-2-4-7-15/h2-10,14,22H,11-13H2,1H3,(H2,21,24). The van der Waals surface area contributed by atoms with Gasteiger partial charge in [-0.3, -0.25) is 9.69 Å². The molecule has 126 valence electrons. The molecule has 1 heterocycles. The van der Waals surface area contributed by atoms with Crippen molar-refractivity contribution < 1.29 is 4.79 Å². The molecule has 2 aromatic carbocycles. The van der Waals surface area contributed by atoms with E-state index in [-0.39, 0.29) is 11.9 Å². The van der Waals surface area contributed by atoms with Gasteiger partial charge in [-0.15, -0.1) is 0 Å². The number of nitrogens with zero attached hydrogens (tertiary/aromatic N) is 1. The number of nitrogens with two attached hydrogens (primary N) is 1. The van der Waals surface area contributed by atoms with Crippen LogP contribution in [-0.2, 0) is 11.3 Å². The smallest absolute Gasteiger partial charge is 0.244 e. The molecule has 3 rings (SSSR count). The second-order valence-corrected chi connectivity index (χ2v) is 7.44. The number of nitrogens with one attached hydrogen (secondary N) is 1. The number of anilines is 1. The van der Waals surface area contributed by atoms with E-state index < -0.39 is 5.54 Å². The maximum atomic E-state index is 12.3. The van der Waals surface area contributed by atoms with Crippen LogP contribution in [0.5, 0.6) is 0 Å². The summed E-state index contributed by atoms with van der Waals surface area (Å²) in [4.78, 5) is 14.6. The summed E-state index contributed by atoms with van der Waals surface area (Å²) in [7, 11) is 0. The number of hydrogen-bond acceptors (Lipinski definition) is 3. The summed E-state index contributed by atoms with van der Waals surface area (Å²) in [6.07, 6.45) is 0.696. The highest BCUT2D eigenvalue weighted by Gasteiger charge is 2.46. The van der Waals surface area contributed by atoms with E-state index in [9.17, 15) is 4.79 Å². The molecule has 1 fully saturated rings. The topological polar surface area (TPSA) is 58.4 Å². The number of rotatable bonds is 5. The molecular weight excluding hydrogens is 366 g/mol. The lowest BCUT2D eigenvalue weighted by atomic mass is 9.95. The van der Waals surface area contributed by atoms with Crippen LogP contribution in [0.2, 0.25) is 0 Å². The molecule has 24 heavy (non-hydrogen) atoms. The first kappa shape index (κ1) is 17.0. The molecule has 0 aliphatic carbocycles. The predicted octanol–water partition coefficient (Wildman–Crippen LogP) is 3.38. The van der Waals surface area contributed by atoms with Crippen LogP contribution in [0, 0.1) is 0 Å². The number of amides is 1. The third-order valence-electron chi connectivity index (χ3n) is 4.65. The van der Waals surface area contributed by atoms with E-state index in [0.717, 1.165) is 16.7 Å². The van der Waals surface area contributed by atoms with Gasteiger partial charge < -0.3 is 11.1 Å². The molecule has 2 aromatic rings. The molecule has 0 radical (unpaired) electrons. The minimum absolute atomic E-state index is 0.275. The number of halogens is 1. The molecule has 3 N–H and O–H groups in total. The quantitative estimate of drug-likeness (QED) is 0.826. The second kappa shape index (κ2) is 6.95. The van der Waals surface area contributed by atoms with Crippen molar-refractivity contribution in [1.82, 2.24) is 4.90 Å². The van der Waals surface area contributed by atoms with Gasteiger partial charge in [0.15, 0.2) is 0 Å². The van der Waals surface area contributed by atoms with Crippen molar-refractivity contribution in [2.45, 2.75) is 31.5 Å². The van der Waals surface area contributed by atoms with E-state index in [4.69, 9.17) is 5.73 Å². The van der Waals surface area contributed by atoms with Gasteiger partial charge in [-0.1, -0.05) is 52.3 Å². The van der Waals surface area contributed by atoms with Gasteiger partial charge in [0.2, 0.25) is 5.91 Å². The van der Waals surface area contributed by atoms with E-state index in [0.29, 0.717) is 13.0 Å². The summed E-state index contributed by atoms with van der Waals surface area (Å²) >= 11 is 3.47. The van der Waals surface area contributed by atoms with Gasteiger partial charge in [-0.05, 0) is 37.1 Å². The number of likely N-dealkylation sites (tertiary alicyclic amines) is 1. The van der Waals surface area contributed by atoms with Crippen molar-refractivity contribution in [1.29, 1.82) is 0 Å². The Labute approximate surface area is 151 Å². The molecule has 2 atom stereocenters. The first-order valence-electron chi connectivity index (χ1n) is 8.10. The Morgan fingerprint density at radius 3 is 2.71 bits per heavy atom. The van der Waals surface area contributed by atoms with E-state index >= 15 is 0 Å². The van der Waals surface area contributed by atoms with Gasteiger partial charge in [-0.25, -0.2) is 0 Å². The maximum absolute atomic E-state index is 12.3. The second-order valence-electron chi connectivity index (χ2n) is 6.53. The third kappa shape index (κ3) is 3.62. The Balaban J connectivity index is 1.80. The highest BCUT2D eigenvalue weighted by atomic mass is 79.9. The zero-order valence-electron chi connectivity index (χ0n) is 13.7. The van der Waals surface area contributed by atoms with E-state index in [2.05, 4.69) is 45.2 Å². The summed E-state index contributed by atoms with van der Waals surface area (Å²) in [5.41, 5.74) is 7.20. The molecule has 0 saturated carbocycles. The number of carbonyl (C=O) groups is 1. The fourth-order valence-electron chi connectivity index (χ4n) is 3.40. The largest absolute Gasteiger partial charge is 0.370 e. The van der Waals surface area contributed by atoms with Gasteiger partial charge in [0.25, 0.3) is 0 Å². The van der Waals surface area contributed by atoms with Crippen molar-refractivity contribution >= 4 is 27.5 Å². The van der Waals surface area contributed by atoms with Crippen molar-refractivity contribution in [3.8, 4) is 0 Å². The summed E-state index contributed by atoms with van der Waals surface area (Å²) in [5, 5.41) is 3.39. The number of hydrogen-bond donors (Lipinski definition) is 2. The van der Waals surface area contributed by atoms with Crippen LogP contribution in [-0.4, -0.2) is 28.9 Å². The van der Waals surface area contributed by atoms with Crippen LogP contribution in [0.1, 0.15) is 18.9 Å². The first-order valence-corrected chi connectivity index (χ1v) is 8.89. The molecule has 1 aliphatic rings. The van der Waals surface area contributed by atoms with Crippen molar-refractivity contribution in [2.75, 3.05) is 11.9 Å². The van der Waals surface area contributed by atoms with Crippen molar-refractivity contribution in [3.63, 3.8) is 0 Å². The Bertz CT molecular complexity index is 722. The molecule has 0 aromatic heterocycles. The van der Waals surface area contributed by atoms with Crippen molar-refractivity contribution in [2.24, 2.45) is 5.73 Å². The van der Waals surface area contributed by atoms with Gasteiger partial charge >= 0.3 is 0 Å². The fraction of sp³-hybridized carbons (Fsp3) is 0.316. The lowest BCUT2D eigenvalue weighted by Gasteiger charge is -2.28. The summed E-state index contributed by atoms with van der Waals surface area (Å²) < 4.78 is 0.972. The zero-order chi connectivity index (χ0) is 17.2. The normalized spacial score (nSPS) is 24.0. The Morgan fingerprint density at radius 2 is 2.04 bits per heavy atom. The summed E-state index contributed by atoms with van der Waals surface area (Å²) in [6, 6.07) is 18.4. The highest BCUT2D eigenvalue weighted by Crippen LogP contribution is 2.32. The minimum Gasteiger partial charge on any atom is -0.370 e. The fourth-order valence-corrected chi connectivity index (χ4v) is 3.80. The van der Waals surface area contributed by atoms with Crippen molar-refractivity contribution in [3.05, 3.63) is 64.6 Å². The maximum Gasteiger partial charge on any atom is 0.244 e. The summed E-state index contributed by atoms with van der Waals surface area (Å²) in [6.45, 7) is 3.57. The van der Waals surface area contributed by atoms with Crippen LogP contribution in [0.25, 0.3) is 0 Å².